The fourth-order valence-electron chi connectivity index (χ4n) is 3.14. The van der Waals surface area contributed by atoms with Gasteiger partial charge in [0.15, 0.2) is 0 Å². The lowest BCUT2D eigenvalue weighted by Gasteiger charge is -2.28. The number of ether oxygens (including phenoxy) is 1. The van der Waals surface area contributed by atoms with Crippen LogP contribution in [0.2, 0.25) is 0 Å². The van der Waals surface area contributed by atoms with Crippen LogP contribution in [0.15, 0.2) is 72.2 Å². The molecule has 0 spiro atoms. The van der Waals surface area contributed by atoms with Crippen molar-refractivity contribution in [3.05, 3.63) is 89.1 Å². The first-order valence-corrected chi connectivity index (χ1v) is 8.48. The van der Waals surface area contributed by atoms with Gasteiger partial charge in [-0.05, 0) is 18.6 Å². The van der Waals surface area contributed by atoms with E-state index in [0.717, 1.165) is 5.56 Å². The van der Waals surface area contributed by atoms with E-state index in [1.165, 1.54) is 17.1 Å². The molecular weight excluding hydrogens is 347 g/mol. The van der Waals surface area contributed by atoms with Crippen molar-refractivity contribution < 1.29 is 13.9 Å². The summed E-state index contributed by atoms with van der Waals surface area (Å²) < 4.78 is 21.5. The number of carbonyl (C=O) groups excluding carboxylic acids is 1. The Balaban J connectivity index is 1.70. The Kier molecular flexibility index (Phi) is 4.42. The van der Waals surface area contributed by atoms with E-state index >= 15 is 0 Å². The predicted octanol–water partition coefficient (Wildman–Crippen LogP) is 3.45. The highest BCUT2D eigenvalue weighted by Gasteiger charge is 2.35. The van der Waals surface area contributed by atoms with Crippen molar-refractivity contribution in [2.45, 2.75) is 19.6 Å². The predicted molar refractivity (Wildman–Crippen MR) is 97.1 cm³/mol. The van der Waals surface area contributed by atoms with Gasteiger partial charge >= 0.3 is 5.97 Å². The molecule has 1 aromatic heterocycles. The highest BCUT2D eigenvalue weighted by atomic mass is 19.1. The van der Waals surface area contributed by atoms with Crippen LogP contribution < -0.4 is 5.32 Å². The molecule has 0 amide bonds. The molecule has 0 radical (unpaired) electrons. The molecule has 2 heterocycles. The molecule has 6 nitrogen and oxygen atoms in total. The maximum Gasteiger partial charge on any atom is 0.338 e. The number of esters is 1. The fourth-order valence-corrected chi connectivity index (χ4v) is 3.14. The molecule has 27 heavy (non-hydrogen) atoms. The van der Waals surface area contributed by atoms with Crippen molar-refractivity contribution in [2.75, 3.05) is 5.32 Å². The first kappa shape index (κ1) is 17.0. The molecule has 0 unspecified atom stereocenters. The Morgan fingerprint density at radius 2 is 1.93 bits per heavy atom. The standard InChI is InChI=1S/C20H17FN4O2/c1-13-17(19(26)27-11-14-7-3-2-4-8-14)18(15-9-5-6-10-16(15)21)25-20(24-13)22-12-23-25/h2-10,12,18H,11H2,1H3,(H,22,23,24)/t18-/m1/s1. The number of benzene rings is 2. The Morgan fingerprint density at radius 3 is 2.70 bits per heavy atom. The van der Waals surface area contributed by atoms with Crippen molar-refractivity contribution in [3.63, 3.8) is 0 Å². The summed E-state index contributed by atoms with van der Waals surface area (Å²) in [6.45, 7) is 1.87. The van der Waals surface area contributed by atoms with E-state index in [-0.39, 0.29) is 6.61 Å². The lowest BCUT2D eigenvalue weighted by atomic mass is 9.95. The monoisotopic (exact) mass is 364 g/mol. The molecule has 1 N–H and O–H groups in total. The van der Waals surface area contributed by atoms with Gasteiger partial charge < -0.3 is 10.1 Å². The third kappa shape index (κ3) is 3.19. The number of fused-ring (bicyclic) bond motifs is 1. The number of nitrogens with one attached hydrogen (secondary N) is 1. The summed E-state index contributed by atoms with van der Waals surface area (Å²) in [5.41, 5.74) is 2.06. The highest BCUT2D eigenvalue weighted by molar-refractivity contribution is 5.92. The third-order valence-electron chi connectivity index (χ3n) is 4.43. The van der Waals surface area contributed by atoms with Gasteiger partial charge in [0.25, 0.3) is 0 Å². The second-order valence-corrected chi connectivity index (χ2v) is 6.18. The quantitative estimate of drug-likeness (QED) is 0.718. The Hall–Kier alpha value is -3.48. The number of anilines is 1. The molecule has 0 aliphatic carbocycles. The molecule has 1 atom stereocenters. The number of rotatable bonds is 4. The van der Waals surface area contributed by atoms with Gasteiger partial charge in [0, 0.05) is 11.3 Å². The summed E-state index contributed by atoms with van der Waals surface area (Å²) in [4.78, 5) is 17.0. The third-order valence-corrected chi connectivity index (χ3v) is 4.43. The molecule has 3 aromatic rings. The van der Waals surface area contributed by atoms with Gasteiger partial charge in [0.1, 0.15) is 24.8 Å². The van der Waals surface area contributed by atoms with Gasteiger partial charge in [0.2, 0.25) is 5.95 Å². The van der Waals surface area contributed by atoms with E-state index in [1.807, 2.05) is 30.3 Å². The van der Waals surface area contributed by atoms with Gasteiger partial charge in [-0.25, -0.2) is 13.9 Å². The molecule has 136 valence electrons. The van der Waals surface area contributed by atoms with Crippen molar-refractivity contribution in [1.82, 2.24) is 14.8 Å². The average molecular weight is 364 g/mol. The van der Waals surface area contributed by atoms with Gasteiger partial charge in [-0.15, -0.1) is 0 Å². The van der Waals surface area contributed by atoms with Gasteiger partial charge in [-0.2, -0.15) is 10.1 Å². The molecule has 0 bridgehead atoms. The Morgan fingerprint density at radius 1 is 1.19 bits per heavy atom. The van der Waals surface area contributed by atoms with Crippen molar-refractivity contribution in [2.24, 2.45) is 0 Å². The zero-order valence-electron chi connectivity index (χ0n) is 14.6. The molecule has 0 fully saturated rings. The summed E-state index contributed by atoms with van der Waals surface area (Å²) in [6.07, 6.45) is 1.36. The van der Waals surface area contributed by atoms with Crippen molar-refractivity contribution in [1.29, 1.82) is 0 Å². The van der Waals surface area contributed by atoms with E-state index in [0.29, 0.717) is 22.8 Å². The fraction of sp³-hybridized carbons (Fsp3) is 0.150. The number of allylic oxidation sites excluding steroid dienone is 1. The van der Waals surface area contributed by atoms with Crippen molar-refractivity contribution >= 4 is 11.9 Å². The van der Waals surface area contributed by atoms with Gasteiger partial charge in [-0.1, -0.05) is 48.5 Å². The minimum absolute atomic E-state index is 0.130. The topological polar surface area (TPSA) is 69.0 Å². The smallest absolute Gasteiger partial charge is 0.338 e. The van der Waals surface area contributed by atoms with Gasteiger partial charge in [-0.3, -0.25) is 0 Å². The van der Waals surface area contributed by atoms with Crippen molar-refractivity contribution in [3.8, 4) is 0 Å². The molecule has 0 saturated heterocycles. The number of aromatic nitrogens is 3. The lowest BCUT2D eigenvalue weighted by Crippen LogP contribution is -2.30. The number of nitrogens with zero attached hydrogens (tertiary/aromatic N) is 3. The van der Waals surface area contributed by atoms with Crippen LogP contribution in [0.5, 0.6) is 0 Å². The van der Waals surface area contributed by atoms with Crippen LogP contribution >= 0.6 is 0 Å². The van der Waals surface area contributed by atoms with Crippen LogP contribution in [0.1, 0.15) is 24.1 Å². The van der Waals surface area contributed by atoms with E-state index < -0.39 is 17.8 Å². The maximum absolute atomic E-state index is 14.5. The largest absolute Gasteiger partial charge is 0.457 e. The van der Waals surface area contributed by atoms with Crippen LogP contribution in [0.4, 0.5) is 10.3 Å². The highest BCUT2D eigenvalue weighted by Crippen LogP contribution is 2.36. The summed E-state index contributed by atoms with van der Waals surface area (Å²) in [5.74, 6) is -0.509. The van der Waals surface area contributed by atoms with Crippen LogP contribution in [0.3, 0.4) is 0 Å². The normalized spacial score (nSPS) is 15.9. The number of carbonyl (C=O) groups is 1. The summed E-state index contributed by atoms with van der Waals surface area (Å²) in [6, 6.07) is 14.9. The zero-order valence-corrected chi connectivity index (χ0v) is 14.6. The van der Waals surface area contributed by atoms with Crippen LogP contribution in [0, 0.1) is 5.82 Å². The first-order valence-electron chi connectivity index (χ1n) is 8.48. The van der Waals surface area contributed by atoms with E-state index in [9.17, 15) is 9.18 Å². The summed E-state index contributed by atoms with van der Waals surface area (Å²) >= 11 is 0. The average Bonchev–Trinajstić information content (AvgIpc) is 3.14. The lowest BCUT2D eigenvalue weighted by molar-refractivity contribution is -0.140. The van der Waals surface area contributed by atoms with E-state index in [4.69, 9.17) is 4.74 Å². The molecule has 1 aliphatic rings. The first-order chi connectivity index (χ1) is 13.1. The summed E-state index contributed by atoms with van der Waals surface area (Å²) in [5, 5.41) is 7.21. The minimum Gasteiger partial charge on any atom is -0.457 e. The molecular formula is C20H17FN4O2. The minimum atomic E-state index is -0.756. The Bertz CT molecular complexity index is 1010. The molecule has 2 aromatic carbocycles. The number of hydrogen-bond donors (Lipinski definition) is 1. The van der Waals surface area contributed by atoms with Crippen LogP contribution in [-0.2, 0) is 16.1 Å². The molecule has 1 aliphatic heterocycles. The zero-order chi connectivity index (χ0) is 18.8. The molecule has 7 heteroatoms. The Labute approximate surface area is 155 Å². The second-order valence-electron chi connectivity index (χ2n) is 6.18. The van der Waals surface area contributed by atoms with Crippen LogP contribution in [0.25, 0.3) is 0 Å². The van der Waals surface area contributed by atoms with Crippen LogP contribution in [-0.4, -0.2) is 20.7 Å². The van der Waals surface area contributed by atoms with E-state index in [1.54, 1.807) is 25.1 Å². The van der Waals surface area contributed by atoms with Gasteiger partial charge in [0.05, 0.1) is 5.57 Å². The summed E-state index contributed by atoms with van der Waals surface area (Å²) in [7, 11) is 0. The van der Waals surface area contributed by atoms with E-state index in [2.05, 4.69) is 15.4 Å². The number of halogens is 1. The maximum atomic E-state index is 14.5. The molecule has 0 saturated carbocycles. The molecule has 4 rings (SSSR count). The second kappa shape index (κ2) is 7.03. The SMILES string of the molecule is CC1=C(C(=O)OCc2ccccc2)[C@@H](c2ccccc2F)n2ncnc2N1. The number of hydrogen-bond acceptors (Lipinski definition) is 5.